The van der Waals surface area contributed by atoms with Gasteiger partial charge in [-0.25, -0.2) is 14.6 Å². The largest absolute Gasteiger partial charge is 0.461 e. The van der Waals surface area contributed by atoms with Crippen LogP contribution in [0.3, 0.4) is 0 Å². The second-order valence-electron chi connectivity index (χ2n) is 7.57. The maximum atomic E-state index is 12.1. The summed E-state index contributed by atoms with van der Waals surface area (Å²) in [7, 11) is 0. The number of hydrogen-bond acceptors (Lipinski definition) is 5. The summed E-state index contributed by atoms with van der Waals surface area (Å²) in [5.41, 5.74) is 0.295. The normalized spacial score (nSPS) is 10.7. The fourth-order valence-corrected chi connectivity index (χ4v) is 3.05. The van der Waals surface area contributed by atoms with Gasteiger partial charge in [0.05, 0.1) is 13.2 Å². The minimum absolute atomic E-state index is 0.144. The molecule has 29 heavy (non-hydrogen) atoms. The molecule has 5 nitrogen and oxygen atoms in total. The highest BCUT2D eigenvalue weighted by atomic mass is 16.5. The van der Waals surface area contributed by atoms with Crippen molar-refractivity contribution in [1.82, 2.24) is 4.98 Å². The SMILES string of the molecule is CCCCCCCCCCCCCOC(=O)c1cccc(C(=O)OCCCC)n1. The van der Waals surface area contributed by atoms with Gasteiger partial charge in [-0.15, -0.1) is 0 Å². The number of esters is 2. The van der Waals surface area contributed by atoms with E-state index in [1.54, 1.807) is 18.2 Å². The van der Waals surface area contributed by atoms with Crippen LogP contribution in [0.5, 0.6) is 0 Å². The van der Waals surface area contributed by atoms with Crippen LogP contribution in [0.1, 0.15) is 118 Å². The van der Waals surface area contributed by atoms with Crippen molar-refractivity contribution in [3.8, 4) is 0 Å². The lowest BCUT2D eigenvalue weighted by Gasteiger charge is -2.06. The Bertz CT molecular complexity index is 574. The van der Waals surface area contributed by atoms with Crippen molar-refractivity contribution in [3.63, 3.8) is 0 Å². The van der Waals surface area contributed by atoms with Gasteiger partial charge < -0.3 is 9.47 Å². The van der Waals surface area contributed by atoms with Crippen molar-refractivity contribution in [3.05, 3.63) is 29.6 Å². The highest BCUT2D eigenvalue weighted by Gasteiger charge is 2.14. The molecule has 1 rings (SSSR count). The van der Waals surface area contributed by atoms with Crippen LogP contribution in [0, 0.1) is 0 Å². The molecule has 164 valence electrons. The quantitative estimate of drug-likeness (QED) is 0.218. The average molecular weight is 406 g/mol. The van der Waals surface area contributed by atoms with Crippen molar-refractivity contribution >= 4 is 11.9 Å². The predicted octanol–water partition coefficient (Wildman–Crippen LogP) is 6.51. The van der Waals surface area contributed by atoms with Gasteiger partial charge in [-0.1, -0.05) is 90.5 Å². The van der Waals surface area contributed by atoms with Gasteiger partial charge in [0.1, 0.15) is 11.4 Å². The topological polar surface area (TPSA) is 65.5 Å². The molecule has 0 aliphatic rings. The molecule has 0 aromatic carbocycles. The van der Waals surface area contributed by atoms with E-state index in [1.165, 1.54) is 57.8 Å². The van der Waals surface area contributed by atoms with Gasteiger partial charge in [0.25, 0.3) is 0 Å². The first kappa shape index (κ1) is 25.1. The maximum absolute atomic E-state index is 12.1. The molecule has 1 heterocycles. The Morgan fingerprint density at radius 1 is 0.655 bits per heavy atom. The van der Waals surface area contributed by atoms with E-state index in [1.807, 2.05) is 6.92 Å². The van der Waals surface area contributed by atoms with Crippen LogP contribution in [0.2, 0.25) is 0 Å². The summed E-state index contributed by atoms with van der Waals surface area (Å²) in [5.74, 6) is -0.987. The zero-order valence-electron chi connectivity index (χ0n) is 18.4. The van der Waals surface area contributed by atoms with Gasteiger partial charge in [-0.3, -0.25) is 0 Å². The zero-order chi connectivity index (χ0) is 21.2. The predicted molar refractivity (Wildman–Crippen MR) is 116 cm³/mol. The molecule has 5 heteroatoms. The molecule has 0 amide bonds. The third-order valence-electron chi connectivity index (χ3n) is 4.88. The monoisotopic (exact) mass is 405 g/mol. The Kier molecular flexibility index (Phi) is 14.7. The van der Waals surface area contributed by atoms with E-state index in [2.05, 4.69) is 11.9 Å². The van der Waals surface area contributed by atoms with E-state index in [9.17, 15) is 9.59 Å². The lowest BCUT2D eigenvalue weighted by molar-refractivity contribution is 0.0483. The average Bonchev–Trinajstić information content (AvgIpc) is 2.74. The molecule has 1 aromatic heterocycles. The number of unbranched alkanes of at least 4 members (excludes halogenated alkanes) is 11. The van der Waals surface area contributed by atoms with E-state index >= 15 is 0 Å². The van der Waals surface area contributed by atoms with Crippen molar-refractivity contribution in [2.75, 3.05) is 13.2 Å². The number of carbonyl (C=O) groups is 2. The number of pyridine rings is 1. The Morgan fingerprint density at radius 3 is 1.55 bits per heavy atom. The van der Waals surface area contributed by atoms with E-state index < -0.39 is 11.9 Å². The molecule has 0 radical (unpaired) electrons. The molecule has 1 aromatic rings. The molecule has 0 aliphatic carbocycles. The van der Waals surface area contributed by atoms with Crippen LogP contribution in [0.15, 0.2) is 18.2 Å². The van der Waals surface area contributed by atoms with Crippen LogP contribution in [-0.2, 0) is 9.47 Å². The summed E-state index contributed by atoms with van der Waals surface area (Å²) in [5, 5.41) is 0. The van der Waals surface area contributed by atoms with E-state index in [4.69, 9.17) is 9.47 Å². The van der Waals surface area contributed by atoms with Crippen LogP contribution >= 0.6 is 0 Å². The summed E-state index contributed by atoms with van der Waals surface area (Å²) in [6, 6.07) is 4.74. The molecule has 0 unspecified atom stereocenters. The van der Waals surface area contributed by atoms with E-state index in [-0.39, 0.29) is 11.4 Å². The molecule has 0 atom stereocenters. The van der Waals surface area contributed by atoms with Gasteiger partial charge in [0.15, 0.2) is 0 Å². The molecule has 0 saturated carbocycles. The van der Waals surface area contributed by atoms with E-state index in [0.717, 1.165) is 25.7 Å². The number of ether oxygens (including phenoxy) is 2. The number of aromatic nitrogens is 1. The van der Waals surface area contributed by atoms with Crippen molar-refractivity contribution < 1.29 is 19.1 Å². The minimum Gasteiger partial charge on any atom is -0.461 e. The highest BCUT2D eigenvalue weighted by molar-refractivity contribution is 5.91. The van der Waals surface area contributed by atoms with Crippen LogP contribution in [0.25, 0.3) is 0 Å². The number of nitrogens with zero attached hydrogens (tertiary/aromatic N) is 1. The Morgan fingerprint density at radius 2 is 1.07 bits per heavy atom. The third kappa shape index (κ3) is 12.3. The molecular formula is C24H39NO4. The van der Waals surface area contributed by atoms with Gasteiger partial charge in [0, 0.05) is 0 Å². The lowest BCUT2D eigenvalue weighted by atomic mass is 10.1. The summed E-state index contributed by atoms with van der Waals surface area (Å²) in [4.78, 5) is 28.1. The first-order chi connectivity index (χ1) is 14.2. The second kappa shape index (κ2) is 17.0. The van der Waals surface area contributed by atoms with Crippen molar-refractivity contribution in [2.45, 2.75) is 97.3 Å². The first-order valence-electron chi connectivity index (χ1n) is 11.5. The number of rotatable bonds is 17. The summed E-state index contributed by atoms with van der Waals surface area (Å²) >= 11 is 0. The summed E-state index contributed by atoms with van der Waals surface area (Å²) in [6.07, 6.45) is 15.5. The molecule has 0 fully saturated rings. The van der Waals surface area contributed by atoms with Crippen LogP contribution in [0.4, 0.5) is 0 Å². The van der Waals surface area contributed by atoms with Crippen molar-refractivity contribution in [1.29, 1.82) is 0 Å². The minimum atomic E-state index is -0.501. The highest BCUT2D eigenvalue weighted by Crippen LogP contribution is 2.11. The van der Waals surface area contributed by atoms with Crippen LogP contribution < -0.4 is 0 Å². The Hall–Kier alpha value is -1.91. The van der Waals surface area contributed by atoms with Gasteiger partial charge in [0.2, 0.25) is 0 Å². The second-order valence-corrected chi connectivity index (χ2v) is 7.57. The standard InChI is InChI=1S/C24H39NO4/c1-3-5-7-8-9-10-11-12-13-14-15-20-29-24(27)22-18-16-17-21(25-22)23(26)28-19-6-4-2/h16-18H,3-15,19-20H2,1-2H3. The number of hydrogen-bond donors (Lipinski definition) is 0. The Labute approximate surface area is 176 Å². The number of carbonyl (C=O) groups excluding carboxylic acids is 2. The van der Waals surface area contributed by atoms with Gasteiger partial charge in [-0.05, 0) is 25.0 Å². The van der Waals surface area contributed by atoms with Crippen molar-refractivity contribution in [2.24, 2.45) is 0 Å². The van der Waals surface area contributed by atoms with Gasteiger partial charge >= 0.3 is 11.9 Å². The molecule has 0 bridgehead atoms. The molecule has 0 N–H and O–H groups in total. The molecular weight excluding hydrogens is 366 g/mol. The molecule has 0 aliphatic heterocycles. The van der Waals surface area contributed by atoms with Gasteiger partial charge in [-0.2, -0.15) is 0 Å². The van der Waals surface area contributed by atoms with E-state index in [0.29, 0.717) is 13.2 Å². The Balaban J connectivity index is 2.13. The lowest BCUT2D eigenvalue weighted by Crippen LogP contribution is -2.13. The molecule has 0 spiro atoms. The zero-order valence-corrected chi connectivity index (χ0v) is 18.4. The fourth-order valence-electron chi connectivity index (χ4n) is 3.05. The van der Waals surface area contributed by atoms with Crippen LogP contribution in [-0.4, -0.2) is 30.1 Å². The maximum Gasteiger partial charge on any atom is 0.356 e. The smallest absolute Gasteiger partial charge is 0.356 e. The molecule has 0 saturated heterocycles. The summed E-state index contributed by atoms with van der Waals surface area (Å²) in [6.45, 7) is 5.03. The third-order valence-corrected chi connectivity index (χ3v) is 4.88. The summed E-state index contributed by atoms with van der Waals surface area (Å²) < 4.78 is 10.4. The first-order valence-corrected chi connectivity index (χ1v) is 11.5. The fraction of sp³-hybridized carbons (Fsp3) is 0.708.